The van der Waals surface area contributed by atoms with E-state index in [1.165, 1.54) is 19.3 Å². The Kier molecular flexibility index (Phi) is 7.76. The van der Waals surface area contributed by atoms with Crippen molar-refractivity contribution in [1.82, 2.24) is 9.97 Å². The first kappa shape index (κ1) is 18.5. The molecule has 0 bridgehead atoms. The molecule has 1 aromatic rings. The topological polar surface area (TPSA) is 93.9 Å². The maximum absolute atomic E-state index is 9.32. The summed E-state index contributed by atoms with van der Waals surface area (Å²) in [4.78, 5) is 8.84. The Morgan fingerprint density at radius 2 is 2.12 bits per heavy atom. The van der Waals surface area contributed by atoms with Crippen molar-refractivity contribution in [3.63, 3.8) is 0 Å². The quantitative estimate of drug-likeness (QED) is 0.641. The van der Waals surface area contributed by atoms with Crippen LogP contribution in [0.2, 0.25) is 0 Å². The molecule has 24 heavy (non-hydrogen) atoms. The molecule has 1 fully saturated rings. The third-order valence-electron chi connectivity index (χ3n) is 4.54. The van der Waals surface area contributed by atoms with Gasteiger partial charge in [0.1, 0.15) is 17.5 Å². The summed E-state index contributed by atoms with van der Waals surface area (Å²) in [5, 5.41) is 25.2. The molecule has 3 N–H and O–H groups in total. The van der Waals surface area contributed by atoms with Crippen molar-refractivity contribution in [2.24, 2.45) is 0 Å². The maximum atomic E-state index is 9.32. The third kappa shape index (κ3) is 5.64. The van der Waals surface area contributed by atoms with E-state index in [0.29, 0.717) is 23.4 Å². The molecule has 6 heteroatoms. The summed E-state index contributed by atoms with van der Waals surface area (Å²) in [7, 11) is 0. The first-order chi connectivity index (χ1) is 11.8. The van der Waals surface area contributed by atoms with E-state index in [1.807, 2.05) is 0 Å². The van der Waals surface area contributed by atoms with Gasteiger partial charge in [-0.2, -0.15) is 10.2 Å². The molecule has 1 heterocycles. The average molecular weight is 331 g/mol. The van der Waals surface area contributed by atoms with Crippen LogP contribution in [-0.2, 0) is 0 Å². The molecule has 1 aromatic heterocycles. The van der Waals surface area contributed by atoms with Crippen LogP contribution in [0.4, 0.5) is 11.8 Å². The zero-order valence-electron chi connectivity index (χ0n) is 14.6. The molecular formula is C18H29N5O. The van der Waals surface area contributed by atoms with Crippen molar-refractivity contribution in [2.45, 2.75) is 76.8 Å². The molecule has 0 amide bonds. The number of rotatable bonds is 9. The molecule has 0 aromatic carbocycles. The summed E-state index contributed by atoms with van der Waals surface area (Å²) < 4.78 is 0. The van der Waals surface area contributed by atoms with Crippen LogP contribution in [0.5, 0.6) is 0 Å². The number of hydrogen-bond donors (Lipinski definition) is 3. The lowest BCUT2D eigenvalue weighted by molar-refractivity contribution is 0.280. The lowest BCUT2D eigenvalue weighted by atomic mass is 9.96. The standard InChI is InChI=1S/C18H29N5O/c1-2-7-15(10-6-11-24)21-17-14(12-19)13-20-18(23-17)22-16-8-4-3-5-9-16/h13,15-16,24H,2-11H2,1H3,(H2,20,21,22,23). The van der Waals surface area contributed by atoms with Gasteiger partial charge in [-0.25, -0.2) is 4.98 Å². The summed E-state index contributed by atoms with van der Waals surface area (Å²) in [5.74, 6) is 1.20. The van der Waals surface area contributed by atoms with E-state index in [9.17, 15) is 5.26 Å². The number of nitrogens with one attached hydrogen (secondary N) is 2. The first-order valence-corrected chi connectivity index (χ1v) is 9.17. The molecule has 1 aliphatic carbocycles. The Balaban J connectivity index is 2.07. The molecule has 132 valence electrons. The van der Waals surface area contributed by atoms with E-state index in [2.05, 4.69) is 33.6 Å². The van der Waals surface area contributed by atoms with Crippen LogP contribution < -0.4 is 10.6 Å². The molecule has 1 unspecified atom stereocenters. The zero-order valence-corrected chi connectivity index (χ0v) is 14.6. The Morgan fingerprint density at radius 3 is 2.79 bits per heavy atom. The third-order valence-corrected chi connectivity index (χ3v) is 4.54. The minimum absolute atomic E-state index is 0.186. The van der Waals surface area contributed by atoms with Crippen LogP contribution in [0.15, 0.2) is 6.20 Å². The van der Waals surface area contributed by atoms with Gasteiger partial charge in [-0.3, -0.25) is 0 Å². The van der Waals surface area contributed by atoms with Gasteiger partial charge < -0.3 is 15.7 Å². The van der Waals surface area contributed by atoms with Crippen LogP contribution in [0.25, 0.3) is 0 Å². The number of aromatic nitrogens is 2. The minimum Gasteiger partial charge on any atom is -0.396 e. The second-order valence-corrected chi connectivity index (χ2v) is 6.54. The largest absolute Gasteiger partial charge is 0.396 e. The van der Waals surface area contributed by atoms with E-state index in [0.717, 1.165) is 38.5 Å². The number of nitriles is 1. The van der Waals surface area contributed by atoms with Crippen molar-refractivity contribution < 1.29 is 5.11 Å². The SMILES string of the molecule is CCCC(CCCO)Nc1nc(NC2CCCCC2)ncc1C#N. The predicted molar refractivity (Wildman–Crippen MR) is 95.9 cm³/mol. The van der Waals surface area contributed by atoms with E-state index in [1.54, 1.807) is 6.20 Å². The van der Waals surface area contributed by atoms with E-state index < -0.39 is 0 Å². The highest BCUT2D eigenvalue weighted by atomic mass is 16.2. The monoisotopic (exact) mass is 331 g/mol. The number of nitrogens with zero attached hydrogens (tertiary/aromatic N) is 3. The summed E-state index contributed by atoms with van der Waals surface area (Å²) >= 11 is 0. The van der Waals surface area contributed by atoms with Crippen molar-refractivity contribution >= 4 is 11.8 Å². The fourth-order valence-electron chi connectivity index (χ4n) is 3.24. The second kappa shape index (κ2) is 10.1. The number of anilines is 2. The van der Waals surface area contributed by atoms with Gasteiger partial charge in [0.05, 0.1) is 6.20 Å². The van der Waals surface area contributed by atoms with Gasteiger partial charge in [0.15, 0.2) is 0 Å². The van der Waals surface area contributed by atoms with Crippen LogP contribution in [-0.4, -0.2) is 33.8 Å². The van der Waals surface area contributed by atoms with E-state index in [4.69, 9.17) is 5.11 Å². The van der Waals surface area contributed by atoms with Crippen LogP contribution in [0.1, 0.15) is 70.3 Å². The van der Waals surface area contributed by atoms with Gasteiger partial charge in [-0.1, -0.05) is 32.6 Å². The van der Waals surface area contributed by atoms with Crippen molar-refractivity contribution in [3.8, 4) is 6.07 Å². The van der Waals surface area contributed by atoms with Gasteiger partial charge in [-0.05, 0) is 32.1 Å². The molecule has 0 aliphatic heterocycles. The highest BCUT2D eigenvalue weighted by Crippen LogP contribution is 2.22. The molecule has 1 atom stereocenters. The Bertz CT molecular complexity index is 537. The number of aliphatic hydroxyl groups excluding tert-OH is 1. The van der Waals surface area contributed by atoms with Gasteiger partial charge in [0, 0.05) is 18.7 Å². The van der Waals surface area contributed by atoms with Gasteiger partial charge in [0.25, 0.3) is 0 Å². The highest BCUT2D eigenvalue weighted by molar-refractivity contribution is 5.54. The van der Waals surface area contributed by atoms with Gasteiger partial charge in [0.2, 0.25) is 5.95 Å². The number of hydrogen-bond acceptors (Lipinski definition) is 6. The highest BCUT2D eigenvalue weighted by Gasteiger charge is 2.16. The molecule has 0 radical (unpaired) electrons. The zero-order chi connectivity index (χ0) is 17.2. The lowest BCUT2D eigenvalue weighted by Gasteiger charge is -2.23. The molecule has 0 saturated heterocycles. The van der Waals surface area contributed by atoms with Crippen molar-refractivity contribution in [3.05, 3.63) is 11.8 Å². The summed E-state index contributed by atoms with van der Waals surface area (Å²) in [5.41, 5.74) is 0.467. The normalized spacial score (nSPS) is 16.4. The Hall–Kier alpha value is -1.87. The molecule has 6 nitrogen and oxygen atoms in total. The summed E-state index contributed by atoms with van der Waals surface area (Å²) in [6.45, 7) is 2.32. The van der Waals surface area contributed by atoms with Gasteiger partial charge >= 0.3 is 0 Å². The van der Waals surface area contributed by atoms with Crippen LogP contribution >= 0.6 is 0 Å². The maximum Gasteiger partial charge on any atom is 0.224 e. The van der Waals surface area contributed by atoms with E-state index in [-0.39, 0.29) is 12.6 Å². The predicted octanol–water partition coefficient (Wildman–Crippen LogP) is 3.45. The summed E-state index contributed by atoms with van der Waals surface area (Å²) in [6.07, 6.45) is 11.4. The number of aliphatic hydroxyl groups is 1. The fraction of sp³-hybridized carbons (Fsp3) is 0.722. The second-order valence-electron chi connectivity index (χ2n) is 6.54. The molecule has 2 rings (SSSR count). The van der Waals surface area contributed by atoms with Crippen molar-refractivity contribution in [2.75, 3.05) is 17.2 Å². The van der Waals surface area contributed by atoms with Crippen LogP contribution in [0.3, 0.4) is 0 Å². The lowest BCUT2D eigenvalue weighted by Crippen LogP contribution is -2.25. The first-order valence-electron chi connectivity index (χ1n) is 9.17. The van der Waals surface area contributed by atoms with Crippen LogP contribution in [0, 0.1) is 11.3 Å². The fourth-order valence-corrected chi connectivity index (χ4v) is 3.24. The Labute approximate surface area is 144 Å². The molecule has 1 saturated carbocycles. The van der Waals surface area contributed by atoms with E-state index >= 15 is 0 Å². The Morgan fingerprint density at radius 1 is 1.33 bits per heavy atom. The molecule has 0 spiro atoms. The smallest absolute Gasteiger partial charge is 0.224 e. The molecule has 1 aliphatic rings. The summed E-state index contributed by atoms with van der Waals surface area (Å²) in [6, 6.07) is 2.81. The minimum atomic E-state index is 0.186. The van der Waals surface area contributed by atoms with Crippen molar-refractivity contribution in [1.29, 1.82) is 5.26 Å². The van der Waals surface area contributed by atoms with Gasteiger partial charge in [-0.15, -0.1) is 0 Å². The molecular weight excluding hydrogens is 302 g/mol. The average Bonchev–Trinajstić information content (AvgIpc) is 2.61.